The van der Waals surface area contributed by atoms with Gasteiger partial charge in [-0.3, -0.25) is 9.59 Å². The molecule has 3 N–H and O–H groups in total. The van der Waals surface area contributed by atoms with Crippen LogP contribution in [0, 0.1) is 5.41 Å². The zero-order chi connectivity index (χ0) is 18.3. The Morgan fingerprint density at radius 1 is 1.00 bits per heavy atom. The van der Waals surface area contributed by atoms with Crippen molar-refractivity contribution in [3.05, 3.63) is 0 Å². The van der Waals surface area contributed by atoms with Crippen LogP contribution in [-0.2, 0) is 28.7 Å². The molecule has 0 aromatic rings. The van der Waals surface area contributed by atoms with Gasteiger partial charge in [0.2, 0.25) is 0 Å². The molecule has 0 radical (unpaired) electrons. The van der Waals surface area contributed by atoms with E-state index in [2.05, 4.69) is 0 Å². The van der Waals surface area contributed by atoms with Gasteiger partial charge in [-0.25, -0.2) is 9.59 Å². The Morgan fingerprint density at radius 2 is 1.57 bits per heavy atom. The Bertz CT molecular complexity index is 469. The van der Waals surface area contributed by atoms with E-state index < -0.39 is 47.9 Å². The van der Waals surface area contributed by atoms with Crippen molar-refractivity contribution in [2.45, 2.75) is 45.6 Å². The van der Waals surface area contributed by atoms with Crippen LogP contribution < -0.4 is 0 Å². The molecule has 0 rings (SSSR count). The first kappa shape index (κ1) is 20.8. The fourth-order valence-electron chi connectivity index (χ4n) is 1.80. The molecule has 0 aliphatic rings. The average molecular weight is 334 g/mol. The maximum Gasteiger partial charge on any atom is 0.337 e. The molecule has 23 heavy (non-hydrogen) atoms. The highest BCUT2D eigenvalue weighted by Crippen LogP contribution is 2.38. The second kappa shape index (κ2) is 8.47. The number of hydrogen-bond donors (Lipinski definition) is 3. The summed E-state index contributed by atoms with van der Waals surface area (Å²) in [5, 5.41) is 27.5. The van der Waals surface area contributed by atoms with E-state index in [0.717, 1.165) is 20.3 Å². The first-order valence-corrected chi connectivity index (χ1v) is 6.99. The van der Waals surface area contributed by atoms with E-state index in [1.807, 2.05) is 6.92 Å². The highest BCUT2D eigenvalue weighted by atomic mass is 16.6. The molecule has 0 aliphatic carbocycles. The lowest BCUT2D eigenvalue weighted by Crippen LogP contribution is -2.58. The number of carboxylic acid groups (broad SMARTS) is 3. The van der Waals surface area contributed by atoms with Crippen molar-refractivity contribution in [3.8, 4) is 0 Å². The molecule has 0 fully saturated rings. The number of aliphatic carboxylic acids is 3. The molecule has 1 atom stereocenters. The highest BCUT2D eigenvalue weighted by Gasteiger charge is 2.59. The number of esters is 1. The summed E-state index contributed by atoms with van der Waals surface area (Å²) in [4.78, 5) is 45.5. The van der Waals surface area contributed by atoms with Crippen LogP contribution in [0.5, 0.6) is 0 Å². The number of unbranched alkanes of at least 4 members (excludes halogenated alkanes) is 1. The molecule has 9 nitrogen and oxygen atoms in total. The summed E-state index contributed by atoms with van der Waals surface area (Å²) < 4.78 is 9.77. The van der Waals surface area contributed by atoms with Gasteiger partial charge in [0, 0.05) is 0 Å². The molecule has 0 bridgehead atoms. The number of hydrogen-bond acceptors (Lipinski definition) is 6. The number of carboxylic acids is 3. The third-order valence-electron chi connectivity index (χ3n) is 3.49. The summed E-state index contributed by atoms with van der Waals surface area (Å²) in [5.41, 5.74) is -4.71. The molecule has 132 valence electrons. The van der Waals surface area contributed by atoms with Gasteiger partial charge in [-0.1, -0.05) is 13.3 Å². The highest BCUT2D eigenvalue weighted by molar-refractivity contribution is 5.92. The van der Waals surface area contributed by atoms with Gasteiger partial charge in [-0.15, -0.1) is 0 Å². The minimum atomic E-state index is -2.62. The molecular weight excluding hydrogens is 312 g/mol. The maximum absolute atomic E-state index is 11.6. The zero-order valence-electron chi connectivity index (χ0n) is 13.3. The second-order valence-corrected chi connectivity index (χ2v) is 5.50. The van der Waals surface area contributed by atoms with Gasteiger partial charge >= 0.3 is 23.9 Å². The summed E-state index contributed by atoms with van der Waals surface area (Å²) in [6.45, 7) is 3.17. The molecule has 0 amide bonds. The predicted molar refractivity (Wildman–Crippen MR) is 75.9 cm³/mol. The van der Waals surface area contributed by atoms with Crippen molar-refractivity contribution in [1.29, 1.82) is 0 Å². The topological polar surface area (TPSA) is 147 Å². The molecule has 0 saturated carbocycles. The minimum Gasteiger partial charge on any atom is -0.481 e. The van der Waals surface area contributed by atoms with E-state index in [-0.39, 0.29) is 6.61 Å². The summed E-state index contributed by atoms with van der Waals surface area (Å²) in [7, 11) is 0. The second-order valence-electron chi connectivity index (χ2n) is 5.50. The predicted octanol–water partition coefficient (Wildman–Crippen LogP) is 0.755. The van der Waals surface area contributed by atoms with E-state index >= 15 is 0 Å². The molecule has 9 heteroatoms. The van der Waals surface area contributed by atoms with Gasteiger partial charge in [0.15, 0.2) is 5.60 Å². The van der Waals surface area contributed by atoms with Crippen LogP contribution in [0.4, 0.5) is 0 Å². The summed E-state index contributed by atoms with van der Waals surface area (Å²) >= 11 is 0. The van der Waals surface area contributed by atoms with Gasteiger partial charge in [0.1, 0.15) is 12.0 Å². The van der Waals surface area contributed by atoms with Gasteiger partial charge in [0.25, 0.3) is 0 Å². The third-order valence-corrected chi connectivity index (χ3v) is 3.49. The summed E-state index contributed by atoms with van der Waals surface area (Å²) in [6.07, 6.45) is 0.258. The standard InChI is InChI=1S/C14H22O9/c1-4-5-6-22-10(17)8-23-14(12(20)21,7-9(15)16)13(2,3)11(18)19/h4-8H2,1-3H3,(H,15,16)(H,18,19)(H,20,21). The van der Waals surface area contributed by atoms with Crippen LogP contribution in [0.15, 0.2) is 0 Å². The Balaban J connectivity index is 5.35. The number of ether oxygens (including phenoxy) is 2. The molecule has 0 aromatic carbocycles. The van der Waals surface area contributed by atoms with Crippen LogP contribution in [0.2, 0.25) is 0 Å². The molecule has 1 unspecified atom stereocenters. The fourth-order valence-corrected chi connectivity index (χ4v) is 1.80. The van der Waals surface area contributed by atoms with E-state index in [9.17, 15) is 29.4 Å². The van der Waals surface area contributed by atoms with E-state index in [1.165, 1.54) is 0 Å². The van der Waals surface area contributed by atoms with Crippen LogP contribution in [-0.4, -0.2) is 58.0 Å². The Labute approximate surface area is 133 Å². The van der Waals surface area contributed by atoms with Crippen molar-refractivity contribution >= 4 is 23.9 Å². The lowest BCUT2D eigenvalue weighted by Gasteiger charge is -2.38. The number of rotatable bonds is 11. The smallest absolute Gasteiger partial charge is 0.337 e. The Kier molecular flexibility index (Phi) is 7.67. The lowest BCUT2D eigenvalue weighted by molar-refractivity contribution is -0.204. The maximum atomic E-state index is 11.6. The average Bonchev–Trinajstić information content (AvgIpc) is 2.42. The molecule has 0 spiro atoms. The largest absolute Gasteiger partial charge is 0.481 e. The van der Waals surface area contributed by atoms with E-state index in [4.69, 9.17) is 14.6 Å². The van der Waals surface area contributed by atoms with Crippen LogP contribution >= 0.6 is 0 Å². The van der Waals surface area contributed by atoms with Gasteiger partial charge in [-0.2, -0.15) is 0 Å². The number of carbonyl (C=O) groups is 4. The quantitative estimate of drug-likeness (QED) is 0.368. The molecule has 0 heterocycles. The Hall–Kier alpha value is -2.16. The third kappa shape index (κ3) is 5.20. The molecule has 0 saturated heterocycles. The zero-order valence-corrected chi connectivity index (χ0v) is 13.3. The van der Waals surface area contributed by atoms with Crippen LogP contribution in [0.25, 0.3) is 0 Å². The van der Waals surface area contributed by atoms with Crippen LogP contribution in [0.3, 0.4) is 0 Å². The van der Waals surface area contributed by atoms with Gasteiger partial charge in [-0.05, 0) is 20.3 Å². The molecule has 0 aromatic heterocycles. The lowest BCUT2D eigenvalue weighted by atomic mass is 9.72. The normalized spacial score (nSPS) is 13.9. The van der Waals surface area contributed by atoms with Crippen LogP contribution in [0.1, 0.15) is 40.0 Å². The van der Waals surface area contributed by atoms with Gasteiger partial charge < -0.3 is 24.8 Å². The van der Waals surface area contributed by atoms with E-state index in [0.29, 0.717) is 6.42 Å². The van der Waals surface area contributed by atoms with E-state index in [1.54, 1.807) is 0 Å². The summed E-state index contributed by atoms with van der Waals surface area (Å²) in [6, 6.07) is 0. The van der Waals surface area contributed by atoms with Crippen molar-refractivity contribution in [2.75, 3.05) is 13.2 Å². The first-order valence-electron chi connectivity index (χ1n) is 6.99. The number of carbonyl (C=O) groups excluding carboxylic acids is 1. The van der Waals surface area contributed by atoms with Gasteiger partial charge in [0.05, 0.1) is 13.0 Å². The first-order chi connectivity index (χ1) is 10.5. The molecule has 0 aliphatic heterocycles. The SMILES string of the molecule is CCCCOC(=O)COC(CC(=O)O)(C(=O)O)C(C)(C)C(=O)O. The van der Waals surface area contributed by atoms with Crippen molar-refractivity contribution in [1.82, 2.24) is 0 Å². The fraction of sp³-hybridized carbons (Fsp3) is 0.714. The summed E-state index contributed by atoms with van der Waals surface area (Å²) in [5.74, 6) is -5.81. The minimum absolute atomic E-state index is 0.111. The Morgan fingerprint density at radius 3 is 1.96 bits per heavy atom. The van der Waals surface area contributed by atoms with Crippen molar-refractivity contribution in [2.24, 2.45) is 5.41 Å². The van der Waals surface area contributed by atoms with Crippen molar-refractivity contribution < 1.29 is 44.0 Å². The molecular formula is C14H22O9. The monoisotopic (exact) mass is 334 g/mol. The van der Waals surface area contributed by atoms with Crippen molar-refractivity contribution in [3.63, 3.8) is 0 Å².